The lowest BCUT2D eigenvalue weighted by molar-refractivity contribution is 0.101. The monoisotopic (exact) mass is 335 g/mol. The average Bonchev–Trinajstić information content (AvgIpc) is 3.08. The summed E-state index contributed by atoms with van der Waals surface area (Å²) in [5.41, 5.74) is 4.08. The maximum Gasteiger partial charge on any atom is 0.280 e. The molecule has 0 unspecified atom stereocenters. The molecule has 0 bridgehead atoms. The van der Waals surface area contributed by atoms with E-state index in [1.165, 1.54) is 7.11 Å². The van der Waals surface area contributed by atoms with Crippen molar-refractivity contribution in [1.29, 1.82) is 0 Å². The summed E-state index contributed by atoms with van der Waals surface area (Å²) < 4.78 is 6.99. The molecule has 5 heteroatoms. The molecule has 3 aromatic rings. The number of hydrogen-bond acceptors (Lipinski definition) is 3. The molecule has 0 radical (unpaired) electrons. The number of para-hydroxylation sites is 2. The number of benzene rings is 2. The molecule has 0 saturated carbocycles. The van der Waals surface area contributed by atoms with E-state index in [9.17, 15) is 4.79 Å². The zero-order valence-corrected chi connectivity index (χ0v) is 14.6. The van der Waals surface area contributed by atoms with E-state index in [-0.39, 0.29) is 11.6 Å². The molecule has 0 aliphatic heterocycles. The third-order valence-electron chi connectivity index (χ3n) is 4.11. The molecular formula is C20H21N3O2. The van der Waals surface area contributed by atoms with Crippen LogP contribution in [0.3, 0.4) is 0 Å². The summed E-state index contributed by atoms with van der Waals surface area (Å²) in [7, 11) is 1.54. The fraction of sp³-hybridized carbons (Fsp3) is 0.200. The molecule has 0 saturated heterocycles. The smallest absolute Gasteiger partial charge is 0.280 e. The standard InChI is InChI=1S/C20H21N3O2/c1-4-15-10-8-9-14(2)18(15)21-20(24)19-17(25-3)13-23(22-19)16-11-6-5-7-12-16/h5-13H,4H2,1-3H3,(H,21,24). The van der Waals surface area contributed by atoms with Crippen LogP contribution in [0.1, 0.15) is 28.5 Å². The van der Waals surface area contributed by atoms with Crippen molar-refractivity contribution < 1.29 is 9.53 Å². The average molecular weight is 335 g/mol. The number of aromatic nitrogens is 2. The number of rotatable bonds is 5. The number of carbonyl (C=O) groups is 1. The number of anilines is 1. The van der Waals surface area contributed by atoms with Gasteiger partial charge in [-0.1, -0.05) is 43.3 Å². The minimum absolute atomic E-state index is 0.261. The summed E-state index contributed by atoms with van der Waals surface area (Å²) in [5, 5.41) is 7.40. The second-order valence-corrected chi connectivity index (χ2v) is 5.74. The Bertz CT molecular complexity index is 885. The number of hydrogen-bond donors (Lipinski definition) is 1. The van der Waals surface area contributed by atoms with E-state index in [1.807, 2.05) is 55.5 Å². The number of nitrogens with zero attached hydrogens (tertiary/aromatic N) is 2. The second kappa shape index (κ2) is 7.21. The lowest BCUT2D eigenvalue weighted by Crippen LogP contribution is -2.16. The number of nitrogens with one attached hydrogen (secondary N) is 1. The van der Waals surface area contributed by atoms with Crippen LogP contribution in [-0.4, -0.2) is 22.8 Å². The van der Waals surface area contributed by atoms with Crippen LogP contribution >= 0.6 is 0 Å². The van der Waals surface area contributed by atoms with Crippen molar-refractivity contribution in [1.82, 2.24) is 9.78 Å². The van der Waals surface area contributed by atoms with Gasteiger partial charge in [-0.15, -0.1) is 0 Å². The second-order valence-electron chi connectivity index (χ2n) is 5.74. The molecular weight excluding hydrogens is 314 g/mol. The Morgan fingerprint density at radius 1 is 1.16 bits per heavy atom. The number of ether oxygens (including phenoxy) is 1. The van der Waals surface area contributed by atoms with Crippen LogP contribution in [0.4, 0.5) is 5.69 Å². The molecule has 0 aliphatic carbocycles. The van der Waals surface area contributed by atoms with Crippen LogP contribution in [0.5, 0.6) is 5.75 Å². The molecule has 5 nitrogen and oxygen atoms in total. The Kier molecular flexibility index (Phi) is 4.84. The van der Waals surface area contributed by atoms with Crippen molar-refractivity contribution in [3.8, 4) is 11.4 Å². The van der Waals surface area contributed by atoms with Crippen molar-refractivity contribution in [3.63, 3.8) is 0 Å². The van der Waals surface area contributed by atoms with Crippen LogP contribution in [0.2, 0.25) is 0 Å². The molecule has 1 N–H and O–H groups in total. The highest BCUT2D eigenvalue weighted by molar-refractivity contribution is 6.05. The molecule has 0 spiro atoms. The van der Waals surface area contributed by atoms with Gasteiger partial charge in [0.05, 0.1) is 19.0 Å². The molecule has 2 aromatic carbocycles. The van der Waals surface area contributed by atoms with Gasteiger partial charge in [-0.05, 0) is 36.6 Å². The van der Waals surface area contributed by atoms with Gasteiger partial charge < -0.3 is 10.1 Å². The largest absolute Gasteiger partial charge is 0.493 e. The van der Waals surface area contributed by atoms with Gasteiger partial charge in [-0.2, -0.15) is 5.10 Å². The van der Waals surface area contributed by atoms with Gasteiger partial charge in [-0.25, -0.2) is 4.68 Å². The fourth-order valence-electron chi connectivity index (χ4n) is 2.75. The highest BCUT2D eigenvalue weighted by Gasteiger charge is 2.20. The molecule has 0 fully saturated rings. The normalized spacial score (nSPS) is 10.5. The van der Waals surface area contributed by atoms with Crippen molar-refractivity contribution in [2.75, 3.05) is 12.4 Å². The Labute approximate surface area is 147 Å². The molecule has 1 amide bonds. The van der Waals surface area contributed by atoms with Crippen molar-refractivity contribution in [2.45, 2.75) is 20.3 Å². The Morgan fingerprint density at radius 2 is 1.92 bits per heavy atom. The molecule has 3 rings (SSSR count). The van der Waals surface area contributed by atoms with E-state index < -0.39 is 0 Å². The fourth-order valence-corrected chi connectivity index (χ4v) is 2.75. The topological polar surface area (TPSA) is 56.2 Å². The Balaban J connectivity index is 1.94. The van der Waals surface area contributed by atoms with Crippen LogP contribution in [0.25, 0.3) is 5.69 Å². The maximum absolute atomic E-state index is 12.8. The summed E-state index contributed by atoms with van der Waals surface area (Å²) >= 11 is 0. The number of carbonyl (C=O) groups excluding carboxylic acids is 1. The highest BCUT2D eigenvalue weighted by Crippen LogP contribution is 2.24. The molecule has 0 aliphatic rings. The van der Waals surface area contributed by atoms with Gasteiger partial charge in [-0.3, -0.25) is 4.79 Å². The zero-order chi connectivity index (χ0) is 17.8. The van der Waals surface area contributed by atoms with Crippen molar-refractivity contribution in [3.05, 3.63) is 71.5 Å². The first-order valence-corrected chi connectivity index (χ1v) is 8.23. The van der Waals surface area contributed by atoms with E-state index in [1.54, 1.807) is 10.9 Å². The van der Waals surface area contributed by atoms with Gasteiger partial charge in [0.2, 0.25) is 0 Å². The first kappa shape index (κ1) is 16.8. The Hall–Kier alpha value is -3.08. The summed E-state index contributed by atoms with van der Waals surface area (Å²) in [5.74, 6) is 0.156. The Morgan fingerprint density at radius 3 is 2.60 bits per heavy atom. The SMILES string of the molecule is CCc1cccc(C)c1NC(=O)c1nn(-c2ccccc2)cc1OC. The maximum atomic E-state index is 12.8. The molecule has 25 heavy (non-hydrogen) atoms. The molecule has 1 aromatic heterocycles. The first-order valence-electron chi connectivity index (χ1n) is 8.23. The van der Waals surface area contributed by atoms with Crippen LogP contribution in [0.15, 0.2) is 54.7 Å². The predicted octanol–water partition coefficient (Wildman–Crippen LogP) is 4.00. The van der Waals surface area contributed by atoms with E-state index in [2.05, 4.69) is 17.3 Å². The predicted molar refractivity (Wildman–Crippen MR) is 98.6 cm³/mol. The number of aryl methyl sites for hydroxylation is 2. The van der Waals surface area contributed by atoms with Crippen LogP contribution < -0.4 is 10.1 Å². The van der Waals surface area contributed by atoms with E-state index in [0.29, 0.717) is 5.75 Å². The highest BCUT2D eigenvalue weighted by atomic mass is 16.5. The minimum Gasteiger partial charge on any atom is -0.493 e. The third-order valence-corrected chi connectivity index (χ3v) is 4.11. The summed E-state index contributed by atoms with van der Waals surface area (Å²) in [6.45, 7) is 4.05. The zero-order valence-electron chi connectivity index (χ0n) is 14.6. The quantitative estimate of drug-likeness (QED) is 0.766. The van der Waals surface area contributed by atoms with E-state index in [0.717, 1.165) is 28.9 Å². The molecule has 0 atom stereocenters. The minimum atomic E-state index is -0.282. The summed E-state index contributed by atoms with van der Waals surface area (Å²) in [6.07, 6.45) is 2.55. The van der Waals surface area contributed by atoms with Gasteiger partial charge in [0.15, 0.2) is 11.4 Å². The van der Waals surface area contributed by atoms with Gasteiger partial charge in [0.25, 0.3) is 5.91 Å². The lowest BCUT2D eigenvalue weighted by atomic mass is 10.1. The number of amides is 1. The van der Waals surface area contributed by atoms with Gasteiger partial charge in [0, 0.05) is 5.69 Å². The lowest BCUT2D eigenvalue weighted by Gasteiger charge is -2.12. The summed E-state index contributed by atoms with van der Waals surface area (Å²) in [6, 6.07) is 15.6. The van der Waals surface area contributed by atoms with E-state index >= 15 is 0 Å². The number of methoxy groups -OCH3 is 1. The molecule has 1 heterocycles. The van der Waals surface area contributed by atoms with E-state index in [4.69, 9.17) is 4.74 Å². The summed E-state index contributed by atoms with van der Waals surface area (Å²) in [4.78, 5) is 12.8. The first-order chi connectivity index (χ1) is 12.1. The van der Waals surface area contributed by atoms with Crippen molar-refractivity contribution >= 4 is 11.6 Å². The third kappa shape index (κ3) is 3.40. The van der Waals surface area contributed by atoms with Gasteiger partial charge >= 0.3 is 0 Å². The molecule has 128 valence electrons. The van der Waals surface area contributed by atoms with Crippen LogP contribution in [0, 0.1) is 6.92 Å². The van der Waals surface area contributed by atoms with Crippen LogP contribution in [-0.2, 0) is 6.42 Å². The van der Waals surface area contributed by atoms with Crippen molar-refractivity contribution in [2.24, 2.45) is 0 Å². The van der Waals surface area contributed by atoms with Gasteiger partial charge in [0.1, 0.15) is 0 Å².